The zero-order chi connectivity index (χ0) is 22.3. The van der Waals surface area contributed by atoms with E-state index in [2.05, 4.69) is 38.4 Å². The molecule has 0 radical (unpaired) electrons. The molecule has 0 saturated heterocycles. The first-order valence-electron chi connectivity index (χ1n) is 10.1. The maximum absolute atomic E-state index is 12.5. The first kappa shape index (κ1) is 21.6. The first-order valence-corrected chi connectivity index (χ1v) is 10.9. The van der Waals surface area contributed by atoms with Gasteiger partial charge < -0.3 is 14.8 Å². The number of benzene rings is 2. The zero-order valence-corrected chi connectivity index (χ0v) is 19.0. The number of halogens is 1. The first-order chi connectivity index (χ1) is 15.6. The van der Waals surface area contributed by atoms with Crippen molar-refractivity contribution in [3.8, 4) is 11.5 Å². The molecule has 0 aliphatic heterocycles. The Morgan fingerprint density at radius 3 is 2.31 bits per heavy atom. The molecule has 4 aromatic rings. The van der Waals surface area contributed by atoms with Crippen LogP contribution in [0.3, 0.4) is 0 Å². The smallest absolute Gasteiger partial charge is 0.276 e. The number of carbonyl (C=O) groups excluding carboxylic acids is 1. The van der Waals surface area contributed by atoms with Crippen LogP contribution in [0.5, 0.6) is 11.5 Å². The number of amides is 1. The van der Waals surface area contributed by atoms with Crippen LogP contribution in [0.4, 0.5) is 5.69 Å². The number of aromatic nitrogens is 4. The third kappa shape index (κ3) is 5.76. The highest BCUT2D eigenvalue weighted by Crippen LogP contribution is 2.17. The van der Waals surface area contributed by atoms with Crippen LogP contribution in [0.25, 0.3) is 0 Å². The van der Waals surface area contributed by atoms with Crippen LogP contribution >= 0.6 is 15.9 Å². The molecule has 0 atom stereocenters. The number of anilines is 1. The van der Waals surface area contributed by atoms with E-state index in [0.717, 1.165) is 16.6 Å². The SMILES string of the molecule is CCc1ccc(OCn2cc(NC(=O)c3ccn(COc4ccc(Br)cc4)n3)cn2)cc1. The zero-order valence-electron chi connectivity index (χ0n) is 17.4. The lowest BCUT2D eigenvalue weighted by Crippen LogP contribution is -2.14. The van der Waals surface area contributed by atoms with Crippen molar-refractivity contribution in [2.24, 2.45) is 0 Å². The number of rotatable bonds is 9. The largest absolute Gasteiger partial charge is 0.471 e. The highest BCUT2D eigenvalue weighted by molar-refractivity contribution is 9.10. The van der Waals surface area contributed by atoms with E-state index in [-0.39, 0.29) is 25.1 Å². The van der Waals surface area contributed by atoms with Gasteiger partial charge in [-0.05, 0) is 54.4 Å². The predicted molar refractivity (Wildman–Crippen MR) is 124 cm³/mol. The fourth-order valence-electron chi connectivity index (χ4n) is 2.88. The number of hydrogen-bond donors (Lipinski definition) is 1. The van der Waals surface area contributed by atoms with Crippen LogP contribution in [0.15, 0.2) is 77.7 Å². The van der Waals surface area contributed by atoms with Crippen molar-refractivity contribution in [3.63, 3.8) is 0 Å². The van der Waals surface area contributed by atoms with Crippen molar-refractivity contribution < 1.29 is 14.3 Å². The van der Waals surface area contributed by atoms with Crippen molar-refractivity contribution >= 4 is 27.5 Å². The Balaban J connectivity index is 1.27. The molecular formula is C23H22BrN5O3. The summed E-state index contributed by atoms with van der Waals surface area (Å²) < 4.78 is 15.5. The summed E-state index contributed by atoms with van der Waals surface area (Å²) in [5, 5.41) is 11.3. The normalized spacial score (nSPS) is 10.7. The Morgan fingerprint density at radius 2 is 1.62 bits per heavy atom. The topological polar surface area (TPSA) is 83.2 Å². The van der Waals surface area contributed by atoms with Crippen LogP contribution in [-0.4, -0.2) is 25.5 Å². The Labute approximate surface area is 193 Å². The maximum Gasteiger partial charge on any atom is 0.276 e. The molecule has 0 unspecified atom stereocenters. The van der Waals surface area contributed by atoms with E-state index < -0.39 is 0 Å². The van der Waals surface area contributed by atoms with Crippen molar-refractivity contribution in [1.29, 1.82) is 0 Å². The van der Waals surface area contributed by atoms with Crippen molar-refractivity contribution in [2.45, 2.75) is 26.8 Å². The summed E-state index contributed by atoms with van der Waals surface area (Å²) in [4.78, 5) is 12.5. The van der Waals surface area contributed by atoms with E-state index in [9.17, 15) is 4.79 Å². The van der Waals surface area contributed by atoms with E-state index in [1.807, 2.05) is 48.5 Å². The molecule has 2 aromatic heterocycles. The lowest BCUT2D eigenvalue weighted by molar-refractivity contribution is 0.102. The Morgan fingerprint density at radius 1 is 0.969 bits per heavy atom. The summed E-state index contributed by atoms with van der Waals surface area (Å²) in [6.07, 6.45) is 5.94. The summed E-state index contributed by atoms with van der Waals surface area (Å²) in [7, 11) is 0. The lowest BCUT2D eigenvalue weighted by atomic mass is 10.2. The maximum atomic E-state index is 12.5. The average Bonchev–Trinajstić information content (AvgIpc) is 3.47. The van der Waals surface area contributed by atoms with Gasteiger partial charge >= 0.3 is 0 Å². The molecule has 2 aromatic carbocycles. The molecule has 0 bridgehead atoms. The molecule has 9 heteroatoms. The molecule has 0 saturated carbocycles. The molecule has 2 heterocycles. The van der Waals surface area contributed by atoms with Crippen molar-refractivity contribution in [1.82, 2.24) is 19.6 Å². The predicted octanol–water partition coefficient (Wildman–Crippen LogP) is 4.73. The molecule has 0 aliphatic carbocycles. The van der Waals surface area contributed by atoms with Gasteiger partial charge in [-0.1, -0.05) is 35.0 Å². The Bertz CT molecular complexity index is 1170. The molecule has 164 valence electrons. The van der Waals surface area contributed by atoms with E-state index in [4.69, 9.17) is 9.47 Å². The fraction of sp³-hybridized carbons (Fsp3) is 0.174. The van der Waals surface area contributed by atoms with Crippen molar-refractivity contribution in [3.05, 3.63) is 88.9 Å². The quantitative estimate of drug-likeness (QED) is 0.362. The van der Waals surface area contributed by atoms with E-state index in [1.165, 1.54) is 5.56 Å². The van der Waals surface area contributed by atoms with Gasteiger partial charge in [-0.2, -0.15) is 10.2 Å². The van der Waals surface area contributed by atoms with Crippen molar-refractivity contribution in [2.75, 3.05) is 5.32 Å². The third-order valence-electron chi connectivity index (χ3n) is 4.64. The Hall–Kier alpha value is -3.59. The summed E-state index contributed by atoms with van der Waals surface area (Å²) in [5.41, 5.74) is 2.09. The average molecular weight is 496 g/mol. The molecule has 1 N–H and O–H groups in total. The van der Waals surface area contributed by atoms with Crippen LogP contribution in [0, 0.1) is 0 Å². The van der Waals surface area contributed by atoms with Crippen LogP contribution < -0.4 is 14.8 Å². The number of carbonyl (C=O) groups is 1. The number of nitrogens with one attached hydrogen (secondary N) is 1. The van der Waals surface area contributed by atoms with Gasteiger partial charge in [0.1, 0.15) is 11.5 Å². The van der Waals surface area contributed by atoms with Gasteiger partial charge in [-0.3, -0.25) is 4.79 Å². The number of nitrogens with zero attached hydrogens (tertiary/aromatic N) is 4. The monoisotopic (exact) mass is 495 g/mol. The molecule has 0 aliphatic rings. The van der Waals surface area contributed by atoms with Gasteiger partial charge in [-0.15, -0.1) is 0 Å². The molecule has 0 spiro atoms. The summed E-state index contributed by atoms with van der Waals surface area (Å²) in [6, 6.07) is 17.1. The fourth-order valence-corrected chi connectivity index (χ4v) is 3.15. The lowest BCUT2D eigenvalue weighted by Gasteiger charge is -2.06. The second kappa shape index (κ2) is 10.1. The molecular weight excluding hydrogens is 474 g/mol. The van der Waals surface area contributed by atoms with Gasteiger partial charge in [-0.25, -0.2) is 9.36 Å². The number of aryl methyl sites for hydroxylation is 1. The molecule has 4 rings (SSSR count). The molecule has 1 amide bonds. The van der Waals surface area contributed by atoms with E-state index >= 15 is 0 Å². The van der Waals surface area contributed by atoms with Crippen LogP contribution in [-0.2, 0) is 19.9 Å². The van der Waals surface area contributed by atoms with E-state index in [0.29, 0.717) is 11.4 Å². The summed E-state index contributed by atoms with van der Waals surface area (Å²) in [6.45, 7) is 2.55. The highest BCUT2D eigenvalue weighted by atomic mass is 79.9. The number of ether oxygens (including phenoxy) is 2. The molecule has 32 heavy (non-hydrogen) atoms. The second-order valence-electron chi connectivity index (χ2n) is 6.96. The van der Waals surface area contributed by atoms with Gasteiger partial charge in [0, 0.05) is 10.7 Å². The van der Waals surface area contributed by atoms with E-state index in [1.54, 1.807) is 34.0 Å². The van der Waals surface area contributed by atoms with Gasteiger partial charge in [0.15, 0.2) is 19.2 Å². The van der Waals surface area contributed by atoms with Gasteiger partial charge in [0.05, 0.1) is 18.1 Å². The van der Waals surface area contributed by atoms with Crippen LogP contribution in [0.2, 0.25) is 0 Å². The van der Waals surface area contributed by atoms with Gasteiger partial charge in [0.25, 0.3) is 5.91 Å². The Kier molecular flexibility index (Phi) is 6.86. The second-order valence-corrected chi connectivity index (χ2v) is 7.88. The minimum Gasteiger partial charge on any atom is -0.471 e. The standard InChI is InChI=1S/C23H22BrN5O3/c1-2-17-3-7-20(8-4-17)32-16-29-14-19(13-25-29)26-23(30)22-11-12-28(27-22)15-31-21-9-5-18(24)6-10-21/h3-14H,2,15-16H2,1H3,(H,26,30). The molecule has 8 nitrogen and oxygen atoms in total. The summed E-state index contributed by atoms with van der Waals surface area (Å²) >= 11 is 3.38. The minimum absolute atomic E-state index is 0.198. The van der Waals surface area contributed by atoms with Gasteiger partial charge in [0.2, 0.25) is 0 Å². The highest BCUT2D eigenvalue weighted by Gasteiger charge is 2.11. The summed E-state index contributed by atoms with van der Waals surface area (Å²) in [5.74, 6) is 1.15. The minimum atomic E-state index is -0.331. The number of hydrogen-bond acceptors (Lipinski definition) is 5. The van der Waals surface area contributed by atoms with Crippen LogP contribution in [0.1, 0.15) is 23.0 Å². The third-order valence-corrected chi connectivity index (χ3v) is 5.17. The molecule has 0 fully saturated rings.